The van der Waals surface area contributed by atoms with Crippen LogP contribution in [-0.2, 0) is 9.53 Å². The van der Waals surface area contributed by atoms with Gasteiger partial charge in [-0.3, -0.25) is 4.79 Å². The molecule has 2 heteroatoms. The molecule has 0 rings (SSSR count). The van der Waals surface area contributed by atoms with E-state index < -0.39 is 0 Å². The second-order valence-corrected chi connectivity index (χ2v) is 10.9. The number of carbonyl (C=O) groups is 1. The predicted octanol–water partition coefficient (Wildman–Crippen LogP) is 11.5. The molecular formula is C32H64O2. The molecule has 204 valence electrons. The van der Waals surface area contributed by atoms with E-state index >= 15 is 0 Å². The maximum Gasteiger partial charge on any atom is 0.306 e. The highest BCUT2D eigenvalue weighted by Crippen LogP contribution is 2.18. The first-order valence-electron chi connectivity index (χ1n) is 15.9. The Morgan fingerprint density at radius 3 is 1.09 bits per heavy atom. The molecule has 2 nitrogen and oxygen atoms in total. The lowest BCUT2D eigenvalue weighted by atomic mass is 10.0. The molecule has 0 atom stereocenters. The molecule has 0 aromatic rings. The quantitative estimate of drug-likeness (QED) is 0.0821. The minimum Gasteiger partial charge on any atom is -0.462 e. The van der Waals surface area contributed by atoms with Gasteiger partial charge < -0.3 is 4.74 Å². The van der Waals surface area contributed by atoms with E-state index in [2.05, 4.69) is 20.8 Å². The lowest BCUT2D eigenvalue weighted by Gasteiger charge is -2.18. The Hall–Kier alpha value is -0.530. The molecule has 0 aromatic carbocycles. The maximum absolute atomic E-state index is 12.4. The lowest BCUT2D eigenvalue weighted by molar-refractivity contribution is -0.150. The van der Waals surface area contributed by atoms with Gasteiger partial charge in [0, 0.05) is 6.42 Å². The van der Waals surface area contributed by atoms with Crippen molar-refractivity contribution in [3.05, 3.63) is 0 Å². The van der Waals surface area contributed by atoms with Gasteiger partial charge in [0.2, 0.25) is 0 Å². The third kappa shape index (κ3) is 26.1. The SMILES string of the molecule is CCCCCCCCCCCCCCCCCCC(=O)OC(CCCCCC)CCCCCC. The van der Waals surface area contributed by atoms with Gasteiger partial charge in [-0.25, -0.2) is 0 Å². The summed E-state index contributed by atoms with van der Waals surface area (Å²) in [5.41, 5.74) is 0. The van der Waals surface area contributed by atoms with E-state index in [4.69, 9.17) is 4.74 Å². The molecule has 0 aromatic heterocycles. The Labute approximate surface area is 215 Å². The Morgan fingerprint density at radius 2 is 0.735 bits per heavy atom. The van der Waals surface area contributed by atoms with Crippen LogP contribution in [0.2, 0.25) is 0 Å². The molecule has 0 heterocycles. The van der Waals surface area contributed by atoms with Gasteiger partial charge in [0.25, 0.3) is 0 Å². The average molecular weight is 481 g/mol. The summed E-state index contributed by atoms with van der Waals surface area (Å²) in [5, 5.41) is 0. The van der Waals surface area contributed by atoms with Crippen LogP contribution < -0.4 is 0 Å². The van der Waals surface area contributed by atoms with Gasteiger partial charge in [-0.1, -0.05) is 156 Å². The van der Waals surface area contributed by atoms with Gasteiger partial charge >= 0.3 is 5.97 Å². The number of hydrogen-bond donors (Lipinski definition) is 0. The molecule has 34 heavy (non-hydrogen) atoms. The van der Waals surface area contributed by atoms with Gasteiger partial charge in [0.15, 0.2) is 0 Å². The van der Waals surface area contributed by atoms with Crippen LogP contribution in [0.4, 0.5) is 0 Å². The van der Waals surface area contributed by atoms with Gasteiger partial charge in [-0.2, -0.15) is 0 Å². The highest BCUT2D eigenvalue weighted by Gasteiger charge is 2.14. The predicted molar refractivity (Wildman–Crippen MR) is 152 cm³/mol. The van der Waals surface area contributed by atoms with Crippen molar-refractivity contribution in [2.45, 2.75) is 200 Å². The molecule has 0 saturated carbocycles. The Bertz CT molecular complexity index is 380. The second kappa shape index (κ2) is 28.7. The van der Waals surface area contributed by atoms with Crippen LogP contribution in [0.5, 0.6) is 0 Å². The standard InChI is InChI=1S/C32H64O2/c1-4-7-10-13-14-15-16-17-18-19-20-21-22-23-24-27-30-32(33)34-31(28-25-11-8-5-2)29-26-12-9-6-3/h31H,4-30H2,1-3H3. The molecule has 0 bridgehead atoms. The summed E-state index contributed by atoms with van der Waals surface area (Å²) in [6.45, 7) is 6.79. The monoisotopic (exact) mass is 480 g/mol. The van der Waals surface area contributed by atoms with E-state index in [1.54, 1.807) is 0 Å². The third-order valence-corrected chi connectivity index (χ3v) is 7.29. The molecule has 0 aliphatic heterocycles. The van der Waals surface area contributed by atoms with Crippen molar-refractivity contribution in [1.29, 1.82) is 0 Å². The summed E-state index contributed by atoms with van der Waals surface area (Å²) >= 11 is 0. The fourth-order valence-corrected chi connectivity index (χ4v) is 4.92. The number of ether oxygens (including phenoxy) is 1. The molecule has 0 spiro atoms. The summed E-state index contributed by atoms with van der Waals surface area (Å²) < 4.78 is 5.90. The Kier molecular flexibility index (Phi) is 28.3. The summed E-state index contributed by atoms with van der Waals surface area (Å²) in [7, 11) is 0. The zero-order chi connectivity index (χ0) is 25.0. The minimum absolute atomic E-state index is 0.0568. The largest absolute Gasteiger partial charge is 0.462 e. The van der Waals surface area contributed by atoms with E-state index in [-0.39, 0.29) is 12.1 Å². The highest BCUT2D eigenvalue weighted by atomic mass is 16.5. The first-order valence-corrected chi connectivity index (χ1v) is 15.9. The fourth-order valence-electron chi connectivity index (χ4n) is 4.92. The van der Waals surface area contributed by atoms with Crippen LogP contribution in [-0.4, -0.2) is 12.1 Å². The summed E-state index contributed by atoms with van der Waals surface area (Å²) in [6, 6.07) is 0. The van der Waals surface area contributed by atoms with Crippen molar-refractivity contribution < 1.29 is 9.53 Å². The molecule has 0 unspecified atom stereocenters. The van der Waals surface area contributed by atoms with Crippen molar-refractivity contribution in [2.75, 3.05) is 0 Å². The van der Waals surface area contributed by atoms with Crippen molar-refractivity contribution in [3.8, 4) is 0 Å². The smallest absolute Gasteiger partial charge is 0.306 e. The molecule has 0 amide bonds. The summed E-state index contributed by atoms with van der Waals surface area (Å²) in [5.74, 6) is 0.0568. The van der Waals surface area contributed by atoms with Crippen molar-refractivity contribution in [1.82, 2.24) is 0 Å². The normalized spacial score (nSPS) is 11.4. The van der Waals surface area contributed by atoms with Gasteiger partial charge in [0.05, 0.1) is 0 Å². The lowest BCUT2D eigenvalue weighted by Crippen LogP contribution is -2.18. The maximum atomic E-state index is 12.4. The second-order valence-electron chi connectivity index (χ2n) is 10.9. The summed E-state index contributed by atoms with van der Waals surface area (Å²) in [4.78, 5) is 12.4. The van der Waals surface area contributed by atoms with Crippen molar-refractivity contribution in [3.63, 3.8) is 0 Å². The zero-order valence-electron chi connectivity index (χ0n) is 24.0. The molecule has 0 radical (unpaired) electrons. The molecular weight excluding hydrogens is 416 g/mol. The average Bonchev–Trinajstić information content (AvgIpc) is 2.84. The molecule has 0 saturated heterocycles. The number of esters is 1. The number of carbonyl (C=O) groups excluding carboxylic acids is 1. The number of rotatable bonds is 28. The van der Waals surface area contributed by atoms with Gasteiger partial charge in [-0.05, 0) is 32.1 Å². The van der Waals surface area contributed by atoms with Crippen LogP contribution in [0, 0.1) is 0 Å². The van der Waals surface area contributed by atoms with Crippen LogP contribution in [0.1, 0.15) is 194 Å². The van der Waals surface area contributed by atoms with Gasteiger partial charge in [0.1, 0.15) is 6.10 Å². The Balaban J connectivity index is 3.58. The van der Waals surface area contributed by atoms with Gasteiger partial charge in [-0.15, -0.1) is 0 Å². The first-order chi connectivity index (χ1) is 16.7. The Morgan fingerprint density at radius 1 is 0.441 bits per heavy atom. The molecule has 0 aliphatic carbocycles. The van der Waals surface area contributed by atoms with E-state index in [1.807, 2.05) is 0 Å². The van der Waals surface area contributed by atoms with Crippen LogP contribution in [0.15, 0.2) is 0 Å². The van der Waals surface area contributed by atoms with Crippen LogP contribution in [0.3, 0.4) is 0 Å². The fraction of sp³-hybridized carbons (Fsp3) is 0.969. The van der Waals surface area contributed by atoms with Crippen molar-refractivity contribution >= 4 is 5.97 Å². The molecule has 0 aliphatic rings. The summed E-state index contributed by atoms with van der Waals surface area (Å²) in [6.07, 6.45) is 34.9. The van der Waals surface area contributed by atoms with Crippen LogP contribution in [0.25, 0.3) is 0 Å². The van der Waals surface area contributed by atoms with E-state index in [0.29, 0.717) is 6.42 Å². The van der Waals surface area contributed by atoms with E-state index in [0.717, 1.165) is 19.3 Å². The number of hydrogen-bond acceptors (Lipinski definition) is 2. The van der Waals surface area contributed by atoms with E-state index in [1.165, 1.54) is 148 Å². The van der Waals surface area contributed by atoms with E-state index in [9.17, 15) is 4.79 Å². The molecule has 0 N–H and O–H groups in total. The molecule has 0 fully saturated rings. The van der Waals surface area contributed by atoms with Crippen molar-refractivity contribution in [2.24, 2.45) is 0 Å². The first kappa shape index (κ1) is 33.5. The topological polar surface area (TPSA) is 26.3 Å². The third-order valence-electron chi connectivity index (χ3n) is 7.29. The zero-order valence-corrected chi connectivity index (χ0v) is 24.0. The minimum atomic E-state index is 0.0568. The van der Waals surface area contributed by atoms with Crippen LogP contribution >= 0.6 is 0 Å². The highest BCUT2D eigenvalue weighted by molar-refractivity contribution is 5.69. The number of unbranched alkanes of at least 4 members (excludes halogenated alkanes) is 21.